The zero-order valence-corrected chi connectivity index (χ0v) is 16.0. The molecule has 0 aromatic heterocycles. The van der Waals surface area contributed by atoms with Gasteiger partial charge in [0.05, 0.1) is 29.0 Å². The molecule has 2 aliphatic heterocycles. The predicted octanol–water partition coefficient (Wildman–Crippen LogP) is 2.88. The number of hydrogen-bond donors (Lipinski definition) is 3. The molecular weight excluding hydrogens is 304 g/mol. The molecule has 0 spiro atoms. The van der Waals surface area contributed by atoms with Crippen LogP contribution in [0.2, 0.25) is 0 Å². The minimum absolute atomic E-state index is 0.0142. The molecule has 3 N–H and O–H groups in total. The maximum absolute atomic E-state index is 11.2. The highest BCUT2D eigenvalue weighted by atomic mass is 16.5. The Bertz CT molecular complexity index is 468. The van der Waals surface area contributed by atoms with Crippen molar-refractivity contribution in [3.8, 4) is 0 Å². The molecule has 0 amide bonds. The molecule has 24 heavy (non-hydrogen) atoms. The molecule has 0 radical (unpaired) electrons. The average molecular weight is 341 g/mol. The summed E-state index contributed by atoms with van der Waals surface area (Å²) in [5.41, 5.74) is -2.50. The molecular formula is C20H36O4. The average Bonchev–Trinajstić information content (AvgIpc) is 2.78. The van der Waals surface area contributed by atoms with Gasteiger partial charge in [-0.15, -0.1) is 0 Å². The van der Waals surface area contributed by atoms with Crippen LogP contribution in [0.5, 0.6) is 0 Å². The lowest BCUT2D eigenvalue weighted by Crippen LogP contribution is -2.54. The van der Waals surface area contributed by atoms with Gasteiger partial charge < -0.3 is 20.1 Å². The normalized spacial score (nSPS) is 55.6. The topological polar surface area (TPSA) is 69.9 Å². The largest absolute Gasteiger partial charge is 0.390 e. The van der Waals surface area contributed by atoms with E-state index in [2.05, 4.69) is 13.8 Å². The van der Waals surface area contributed by atoms with Gasteiger partial charge in [-0.1, -0.05) is 13.8 Å². The Labute approximate surface area is 146 Å². The first kappa shape index (κ1) is 18.6. The molecule has 2 heterocycles. The summed E-state index contributed by atoms with van der Waals surface area (Å²) in [5.74, 6) is 1.08. The van der Waals surface area contributed by atoms with Crippen molar-refractivity contribution in [2.45, 2.75) is 102 Å². The van der Waals surface area contributed by atoms with Gasteiger partial charge in [0, 0.05) is 12.3 Å². The van der Waals surface area contributed by atoms with Crippen molar-refractivity contribution in [3.05, 3.63) is 0 Å². The van der Waals surface area contributed by atoms with Crippen LogP contribution in [0.1, 0.15) is 73.1 Å². The minimum atomic E-state index is -0.904. The van der Waals surface area contributed by atoms with Crippen LogP contribution in [0.3, 0.4) is 0 Å². The Morgan fingerprint density at radius 2 is 1.62 bits per heavy atom. The summed E-state index contributed by atoms with van der Waals surface area (Å²) >= 11 is 0. The number of ether oxygens (including phenoxy) is 1. The van der Waals surface area contributed by atoms with Crippen LogP contribution in [0, 0.1) is 23.7 Å². The molecule has 4 nitrogen and oxygen atoms in total. The number of rotatable bonds is 1. The first-order valence-electron chi connectivity index (χ1n) is 9.77. The van der Waals surface area contributed by atoms with Crippen molar-refractivity contribution in [2.24, 2.45) is 23.7 Å². The third-order valence-corrected chi connectivity index (χ3v) is 7.19. The summed E-state index contributed by atoms with van der Waals surface area (Å²) in [4.78, 5) is 0. The molecule has 3 rings (SSSR count). The van der Waals surface area contributed by atoms with Gasteiger partial charge in [-0.05, 0) is 70.6 Å². The third-order valence-electron chi connectivity index (χ3n) is 7.19. The van der Waals surface area contributed by atoms with Crippen LogP contribution in [0.4, 0.5) is 0 Å². The lowest BCUT2D eigenvalue weighted by Gasteiger charge is -2.49. The summed E-state index contributed by atoms with van der Waals surface area (Å²) in [6.45, 7) is 10.2. The van der Waals surface area contributed by atoms with E-state index in [0.717, 1.165) is 19.3 Å². The van der Waals surface area contributed by atoms with Crippen molar-refractivity contribution >= 4 is 0 Å². The van der Waals surface area contributed by atoms with Gasteiger partial charge in [-0.3, -0.25) is 0 Å². The molecule has 3 fully saturated rings. The van der Waals surface area contributed by atoms with Crippen LogP contribution < -0.4 is 0 Å². The molecule has 140 valence electrons. The monoisotopic (exact) mass is 340 g/mol. The van der Waals surface area contributed by atoms with Crippen LogP contribution in [0.15, 0.2) is 0 Å². The van der Waals surface area contributed by atoms with E-state index < -0.39 is 16.8 Å². The van der Waals surface area contributed by atoms with E-state index in [1.807, 2.05) is 20.8 Å². The van der Waals surface area contributed by atoms with Crippen LogP contribution in [0.25, 0.3) is 0 Å². The second-order valence-corrected chi connectivity index (χ2v) is 9.91. The highest BCUT2D eigenvalue weighted by Crippen LogP contribution is 2.56. The van der Waals surface area contributed by atoms with E-state index in [1.165, 1.54) is 0 Å². The van der Waals surface area contributed by atoms with E-state index >= 15 is 0 Å². The molecule has 2 bridgehead atoms. The summed E-state index contributed by atoms with van der Waals surface area (Å²) in [6.07, 6.45) is 3.96. The van der Waals surface area contributed by atoms with E-state index in [0.29, 0.717) is 31.1 Å². The second kappa shape index (κ2) is 5.94. The first-order chi connectivity index (χ1) is 10.9. The Kier molecular flexibility index (Phi) is 4.61. The van der Waals surface area contributed by atoms with Crippen molar-refractivity contribution in [3.63, 3.8) is 0 Å². The summed E-state index contributed by atoms with van der Waals surface area (Å²) < 4.78 is 6.43. The van der Waals surface area contributed by atoms with Gasteiger partial charge >= 0.3 is 0 Å². The molecule has 0 unspecified atom stereocenters. The van der Waals surface area contributed by atoms with E-state index in [9.17, 15) is 15.3 Å². The van der Waals surface area contributed by atoms with Crippen molar-refractivity contribution in [2.75, 3.05) is 0 Å². The fourth-order valence-electron chi connectivity index (χ4n) is 5.94. The Hall–Kier alpha value is -0.160. The van der Waals surface area contributed by atoms with Crippen LogP contribution in [-0.2, 0) is 4.74 Å². The van der Waals surface area contributed by atoms with Gasteiger partial charge in [-0.2, -0.15) is 0 Å². The fraction of sp³-hybridized carbons (Fsp3) is 1.00. The molecule has 8 atom stereocenters. The zero-order chi connectivity index (χ0) is 17.9. The standard InChI is InChI=1S/C20H36O4/c1-12(2)13-7-10-19(4,22)16-14-11-18(3,21)8-6-9-20(5,23)17(24-14)15(13)16/h12-17,21-23H,6-11H2,1-5H3/t13-,14-,15-,16+,17-,18-,19-,20-/m1/s1. The molecule has 0 aromatic carbocycles. The van der Waals surface area contributed by atoms with Gasteiger partial charge in [0.25, 0.3) is 0 Å². The van der Waals surface area contributed by atoms with Gasteiger partial charge in [-0.25, -0.2) is 0 Å². The Morgan fingerprint density at radius 1 is 0.958 bits per heavy atom. The zero-order valence-electron chi connectivity index (χ0n) is 16.0. The highest BCUT2D eigenvalue weighted by Gasteiger charge is 2.62. The van der Waals surface area contributed by atoms with E-state index in [-0.39, 0.29) is 24.0 Å². The molecule has 0 aromatic rings. The number of aliphatic hydroxyl groups is 3. The SMILES string of the molecule is CC(C)[C@H]1CC[C@@](C)(O)[C@@H]2[C@@H]1[C@H]1O[C@@H]2C[C@](C)(O)CCC[C@@]1(C)O. The smallest absolute Gasteiger partial charge is 0.0898 e. The quantitative estimate of drug-likeness (QED) is 0.686. The molecule has 1 aliphatic carbocycles. The molecule has 2 saturated heterocycles. The number of hydrogen-bond acceptors (Lipinski definition) is 4. The Balaban J connectivity index is 2.04. The maximum atomic E-state index is 11.2. The maximum Gasteiger partial charge on any atom is 0.0898 e. The van der Waals surface area contributed by atoms with E-state index in [1.54, 1.807) is 0 Å². The van der Waals surface area contributed by atoms with Crippen LogP contribution >= 0.6 is 0 Å². The lowest BCUT2D eigenvalue weighted by molar-refractivity contribution is -0.121. The minimum Gasteiger partial charge on any atom is -0.390 e. The Morgan fingerprint density at radius 3 is 2.25 bits per heavy atom. The first-order valence-corrected chi connectivity index (χ1v) is 9.77. The summed E-state index contributed by atoms with van der Waals surface area (Å²) in [7, 11) is 0. The fourth-order valence-corrected chi connectivity index (χ4v) is 5.94. The summed E-state index contributed by atoms with van der Waals surface area (Å²) in [5, 5.41) is 33.1. The highest BCUT2D eigenvalue weighted by molar-refractivity contribution is 5.10. The van der Waals surface area contributed by atoms with Crippen LogP contribution in [-0.4, -0.2) is 44.3 Å². The summed E-state index contributed by atoms with van der Waals surface area (Å²) in [6, 6.07) is 0. The van der Waals surface area contributed by atoms with E-state index in [4.69, 9.17) is 4.74 Å². The van der Waals surface area contributed by atoms with Gasteiger partial charge in [0.15, 0.2) is 0 Å². The number of fused-ring (bicyclic) bond motifs is 5. The second-order valence-electron chi connectivity index (χ2n) is 9.91. The van der Waals surface area contributed by atoms with Crippen molar-refractivity contribution in [1.29, 1.82) is 0 Å². The van der Waals surface area contributed by atoms with Gasteiger partial charge in [0.1, 0.15) is 0 Å². The molecule has 1 saturated carbocycles. The molecule has 3 aliphatic rings. The van der Waals surface area contributed by atoms with Crippen molar-refractivity contribution in [1.82, 2.24) is 0 Å². The van der Waals surface area contributed by atoms with Gasteiger partial charge in [0.2, 0.25) is 0 Å². The lowest BCUT2D eigenvalue weighted by atomic mass is 9.57. The predicted molar refractivity (Wildman–Crippen MR) is 93.5 cm³/mol. The van der Waals surface area contributed by atoms with Crippen molar-refractivity contribution < 1.29 is 20.1 Å². The third kappa shape index (κ3) is 3.15. The molecule has 4 heteroatoms.